The molecule has 0 saturated carbocycles. The largest absolute Gasteiger partial charge is 0.268 e. The normalized spacial score (nSPS) is 9.41. The molecule has 0 unspecified atom stereocenters. The molecule has 2 nitrogen and oxygen atoms in total. The van der Waals surface area contributed by atoms with Crippen molar-refractivity contribution in [2.45, 2.75) is 47.5 Å². The Bertz CT molecular complexity index is 427. The van der Waals surface area contributed by atoms with E-state index in [2.05, 4.69) is 37.1 Å². The Balaban J connectivity index is 0.000000581. The van der Waals surface area contributed by atoms with Crippen LogP contribution in [0.15, 0.2) is 24.4 Å². The number of aromatic nitrogens is 2. The summed E-state index contributed by atoms with van der Waals surface area (Å²) in [4.78, 5) is 0. The van der Waals surface area contributed by atoms with Gasteiger partial charge in [0.2, 0.25) is 0 Å². The van der Waals surface area contributed by atoms with Crippen molar-refractivity contribution in [1.82, 2.24) is 9.78 Å². The van der Waals surface area contributed by atoms with Gasteiger partial charge in [0.1, 0.15) is 0 Å². The number of nitrogens with zero attached hydrogens (tertiary/aromatic N) is 2. The summed E-state index contributed by atoms with van der Waals surface area (Å²) in [6.07, 6.45) is 1.92. The summed E-state index contributed by atoms with van der Waals surface area (Å²) in [5, 5.41) is 5.44. The molecule has 0 aliphatic carbocycles. The van der Waals surface area contributed by atoms with E-state index >= 15 is 0 Å². The van der Waals surface area contributed by atoms with Gasteiger partial charge in [-0.3, -0.25) is 4.68 Å². The van der Waals surface area contributed by atoms with Gasteiger partial charge in [-0.25, -0.2) is 0 Å². The first-order chi connectivity index (χ1) is 8.18. The summed E-state index contributed by atoms with van der Waals surface area (Å²) >= 11 is 0. The first kappa shape index (κ1) is 15.7. The van der Waals surface area contributed by atoms with Gasteiger partial charge < -0.3 is 0 Å². The van der Waals surface area contributed by atoms with Crippen LogP contribution in [0, 0.1) is 0 Å². The van der Waals surface area contributed by atoms with Gasteiger partial charge >= 0.3 is 0 Å². The zero-order chi connectivity index (χ0) is 13.4. The molecule has 1 heterocycles. The van der Waals surface area contributed by atoms with Crippen LogP contribution in [0.2, 0.25) is 0 Å². The second-order valence-electron chi connectivity index (χ2n) is 3.74. The highest BCUT2D eigenvalue weighted by atomic mass is 15.2. The molecular weight excluding hydrogens is 208 g/mol. The van der Waals surface area contributed by atoms with Crippen LogP contribution in [-0.4, -0.2) is 9.78 Å². The van der Waals surface area contributed by atoms with E-state index in [1.54, 1.807) is 0 Å². The number of aryl methyl sites for hydroxylation is 1. The quantitative estimate of drug-likeness (QED) is 0.696. The van der Waals surface area contributed by atoms with Gasteiger partial charge in [0.25, 0.3) is 0 Å². The van der Waals surface area contributed by atoms with Crippen molar-refractivity contribution >= 4 is 10.9 Å². The zero-order valence-corrected chi connectivity index (χ0v) is 12.3. The third-order valence-electron chi connectivity index (χ3n) is 2.44. The van der Waals surface area contributed by atoms with E-state index in [9.17, 15) is 0 Å². The fourth-order valence-corrected chi connectivity index (χ4v) is 1.54. The maximum absolute atomic E-state index is 4.21. The molecule has 2 heteroatoms. The minimum absolute atomic E-state index is 0.588. The highest BCUT2D eigenvalue weighted by molar-refractivity contribution is 5.79. The van der Waals surface area contributed by atoms with Gasteiger partial charge in [-0.15, -0.1) is 0 Å². The van der Waals surface area contributed by atoms with E-state index in [4.69, 9.17) is 0 Å². The molecule has 0 fully saturated rings. The van der Waals surface area contributed by atoms with Crippen molar-refractivity contribution < 1.29 is 0 Å². The van der Waals surface area contributed by atoms with E-state index in [1.807, 2.05) is 45.6 Å². The summed E-state index contributed by atoms with van der Waals surface area (Å²) in [5.41, 5.74) is 2.57. The third kappa shape index (κ3) is 3.88. The molecule has 0 radical (unpaired) electrons. The highest BCUT2D eigenvalue weighted by Crippen LogP contribution is 2.20. The van der Waals surface area contributed by atoms with Gasteiger partial charge in [-0.2, -0.15) is 5.10 Å². The van der Waals surface area contributed by atoms with Gasteiger partial charge in [0.15, 0.2) is 0 Å². The maximum Gasteiger partial charge on any atom is 0.0679 e. The monoisotopic (exact) mass is 234 g/mol. The lowest BCUT2D eigenvalue weighted by atomic mass is 10.0. The first-order valence-corrected chi connectivity index (χ1v) is 6.60. The minimum atomic E-state index is 0.588. The van der Waals surface area contributed by atoms with Gasteiger partial charge in [-0.05, 0) is 23.6 Å². The molecule has 0 spiro atoms. The fraction of sp³-hybridized carbons (Fsp3) is 0.533. The van der Waals surface area contributed by atoms with Crippen LogP contribution >= 0.6 is 0 Å². The smallest absolute Gasteiger partial charge is 0.0679 e. The Morgan fingerprint density at radius 3 is 2.18 bits per heavy atom. The molecule has 1 aromatic heterocycles. The minimum Gasteiger partial charge on any atom is -0.268 e. The Labute approximate surface area is 106 Å². The van der Waals surface area contributed by atoms with Crippen molar-refractivity contribution in [3.63, 3.8) is 0 Å². The van der Waals surface area contributed by atoms with Crippen molar-refractivity contribution in [2.75, 3.05) is 0 Å². The molecule has 0 bridgehead atoms. The van der Waals surface area contributed by atoms with Crippen LogP contribution in [0.4, 0.5) is 0 Å². The Kier molecular flexibility index (Phi) is 7.27. The number of hydrogen-bond donors (Lipinski definition) is 0. The van der Waals surface area contributed by atoms with E-state index in [-0.39, 0.29) is 0 Å². The van der Waals surface area contributed by atoms with E-state index in [0.717, 1.165) is 0 Å². The van der Waals surface area contributed by atoms with Crippen molar-refractivity contribution in [3.05, 3.63) is 30.0 Å². The van der Waals surface area contributed by atoms with Crippen LogP contribution < -0.4 is 0 Å². The molecule has 2 rings (SSSR count). The van der Waals surface area contributed by atoms with Crippen LogP contribution in [-0.2, 0) is 7.05 Å². The van der Waals surface area contributed by atoms with Gasteiger partial charge in [0, 0.05) is 12.4 Å². The van der Waals surface area contributed by atoms with Gasteiger partial charge in [-0.1, -0.05) is 47.6 Å². The summed E-state index contributed by atoms with van der Waals surface area (Å²) in [5.74, 6) is 0.588. The average molecular weight is 234 g/mol. The van der Waals surface area contributed by atoms with E-state index in [0.29, 0.717) is 5.92 Å². The van der Waals surface area contributed by atoms with Gasteiger partial charge in [0.05, 0.1) is 11.7 Å². The van der Waals surface area contributed by atoms with Crippen LogP contribution in [0.5, 0.6) is 0 Å². The SMILES string of the molecule is CC.CC.CC(C)c1ccc2c(cnn2C)c1. The number of hydrogen-bond acceptors (Lipinski definition) is 1. The van der Waals surface area contributed by atoms with Crippen molar-refractivity contribution in [3.8, 4) is 0 Å². The third-order valence-corrected chi connectivity index (χ3v) is 2.44. The molecule has 96 valence electrons. The lowest BCUT2D eigenvalue weighted by Gasteiger charge is -2.04. The maximum atomic E-state index is 4.21. The summed E-state index contributed by atoms with van der Waals surface area (Å²) in [7, 11) is 1.97. The molecule has 0 N–H and O–H groups in total. The van der Waals surface area contributed by atoms with Crippen LogP contribution in [0.1, 0.15) is 53.0 Å². The number of benzene rings is 1. The topological polar surface area (TPSA) is 17.8 Å². The Morgan fingerprint density at radius 1 is 1.06 bits per heavy atom. The molecule has 0 saturated heterocycles. The molecule has 0 aliphatic rings. The molecule has 17 heavy (non-hydrogen) atoms. The molecule has 1 aromatic carbocycles. The van der Waals surface area contributed by atoms with E-state index < -0.39 is 0 Å². The summed E-state index contributed by atoms with van der Waals surface area (Å²) in [6, 6.07) is 6.53. The highest BCUT2D eigenvalue weighted by Gasteiger charge is 2.02. The van der Waals surface area contributed by atoms with Crippen LogP contribution in [0.25, 0.3) is 10.9 Å². The predicted octanol–water partition coefficient (Wildman–Crippen LogP) is 4.75. The Morgan fingerprint density at radius 2 is 1.65 bits per heavy atom. The molecular formula is C15H26N2. The lowest BCUT2D eigenvalue weighted by Crippen LogP contribution is -1.90. The molecule has 2 aromatic rings. The number of fused-ring (bicyclic) bond motifs is 1. The standard InChI is InChI=1S/C11H14N2.2C2H6/c1-8(2)9-4-5-11-10(6-9)7-12-13(11)3;2*1-2/h4-8H,1-3H3;2*1-2H3. The zero-order valence-electron chi connectivity index (χ0n) is 12.3. The Hall–Kier alpha value is -1.31. The fourth-order valence-electron chi connectivity index (χ4n) is 1.54. The number of rotatable bonds is 1. The second-order valence-corrected chi connectivity index (χ2v) is 3.74. The van der Waals surface area contributed by atoms with Crippen LogP contribution in [0.3, 0.4) is 0 Å². The van der Waals surface area contributed by atoms with E-state index in [1.165, 1.54) is 16.5 Å². The first-order valence-electron chi connectivity index (χ1n) is 6.60. The van der Waals surface area contributed by atoms with Crippen molar-refractivity contribution in [1.29, 1.82) is 0 Å². The second kappa shape index (κ2) is 7.88. The van der Waals surface area contributed by atoms with Crippen molar-refractivity contribution in [2.24, 2.45) is 7.05 Å². The lowest BCUT2D eigenvalue weighted by molar-refractivity contribution is 0.796. The summed E-state index contributed by atoms with van der Waals surface area (Å²) in [6.45, 7) is 12.4. The molecule has 0 atom stereocenters. The molecule has 0 aliphatic heterocycles. The summed E-state index contributed by atoms with van der Waals surface area (Å²) < 4.78 is 1.90. The predicted molar refractivity (Wildman–Crippen MR) is 77.5 cm³/mol. The average Bonchev–Trinajstić information content (AvgIpc) is 2.75. The molecule has 0 amide bonds.